The second-order valence-corrected chi connectivity index (χ2v) is 6.29. The molecule has 1 saturated carbocycles. The van der Waals surface area contributed by atoms with Gasteiger partial charge < -0.3 is 4.90 Å². The van der Waals surface area contributed by atoms with Crippen molar-refractivity contribution in [3.8, 4) is 0 Å². The van der Waals surface area contributed by atoms with Crippen LogP contribution in [-0.4, -0.2) is 18.9 Å². The Kier molecular flexibility index (Phi) is 4.39. The Morgan fingerprint density at radius 1 is 1.00 bits per heavy atom. The average molecular weight is 271 g/mol. The molecule has 0 saturated heterocycles. The predicted octanol–water partition coefficient (Wildman–Crippen LogP) is 3.98. The van der Waals surface area contributed by atoms with Crippen molar-refractivity contribution in [2.24, 2.45) is 5.92 Å². The maximum Gasteiger partial charge on any atom is 0.137 e. The summed E-state index contributed by atoms with van der Waals surface area (Å²) in [5, 5.41) is 0. The van der Waals surface area contributed by atoms with E-state index >= 15 is 0 Å². The molecular weight excluding hydrogens is 246 g/mol. The van der Waals surface area contributed by atoms with Crippen LogP contribution >= 0.6 is 0 Å². The number of hydrogen-bond donors (Lipinski definition) is 0. The largest absolute Gasteiger partial charge is 0.371 e. The van der Waals surface area contributed by atoms with Crippen molar-refractivity contribution >= 4 is 11.5 Å². The van der Waals surface area contributed by atoms with Crippen LogP contribution in [0.4, 0.5) is 5.69 Å². The van der Waals surface area contributed by atoms with Gasteiger partial charge in [-0.2, -0.15) is 0 Å². The third kappa shape index (κ3) is 3.05. The van der Waals surface area contributed by atoms with Crippen molar-refractivity contribution in [2.45, 2.75) is 51.4 Å². The first-order chi connectivity index (χ1) is 9.84. The summed E-state index contributed by atoms with van der Waals surface area (Å²) in [6.07, 6.45) is 9.17. The zero-order valence-corrected chi connectivity index (χ0v) is 12.3. The summed E-state index contributed by atoms with van der Waals surface area (Å²) in [5.41, 5.74) is 2.84. The summed E-state index contributed by atoms with van der Waals surface area (Å²) in [6, 6.07) is 8.76. The van der Waals surface area contributed by atoms with Gasteiger partial charge in [-0.3, -0.25) is 4.79 Å². The first-order valence-electron chi connectivity index (χ1n) is 8.20. The minimum Gasteiger partial charge on any atom is -0.371 e. The number of para-hydroxylation sites is 1. The van der Waals surface area contributed by atoms with Crippen LogP contribution in [0.2, 0.25) is 0 Å². The summed E-state index contributed by atoms with van der Waals surface area (Å²) in [7, 11) is 0. The molecule has 1 heterocycles. The van der Waals surface area contributed by atoms with Gasteiger partial charge >= 0.3 is 0 Å². The molecule has 1 atom stereocenters. The highest BCUT2D eigenvalue weighted by Crippen LogP contribution is 2.29. The maximum absolute atomic E-state index is 12.3. The van der Waals surface area contributed by atoms with Crippen molar-refractivity contribution in [1.29, 1.82) is 0 Å². The van der Waals surface area contributed by atoms with Gasteiger partial charge in [-0.1, -0.05) is 31.0 Å². The van der Waals surface area contributed by atoms with E-state index in [2.05, 4.69) is 29.2 Å². The molecule has 2 aliphatic rings. The highest BCUT2D eigenvalue weighted by molar-refractivity contribution is 5.82. The molecule has 1 aliphatic carbocycles. The zero-order chi connectivity index (χ0) is 13.8. The van der Waals surface area contributed by atoms with Gasteiger partial charge in [0.15, 0.2) is 0 Å². The first kappa shape index (κ1) is 13.7. The van der Waals surface area contributed by atoms with E-state index in [1.807, 2.05) is 0 Å². The Morgan fingerprint density at radius 2 is 1.85 bits per heavy atom. The number of rotatable bonds is 2. The molecule has 2 heteroatoms. The van der Waals surface area contributed by atoms with Crippen molar-refractivity contribution in [3.63, 3.8) is 0 Å². The third-order valence-corrected chi connectivity index (χ3v) is 4.83. The molecule has 0 spiro atoms. The molecule has 1 aromatic rings. The van der Waals surface area contributed by atoms with Crippen LogP contribution in [0, 0.1) is 5.92 Å². The standard InChI is InChI=1S/C18H25NO/c20-18-12-3-1-2-10-16(18)14-19-13-7-6-9-15-8-4-5-11-17(15)19/h4-5,8,11,16H,1-3,6-7,9-10,12-14H2. The Balaban J connectivity index is 1.77. The molecule has 0 aromatic heterocycles. The second-order valence-electron chi connectivity index (χ2n) is 6.29. The number of anilines is 1. The Morgan fingerprint density at radius 3 is 2.80 bits per heavy atom. The maximum atomic E-state index is 12.3. The molecule has 0 amide bonds. The predicted molar refractivity (Wildman–Crippen MR) is 83.2 cm³/mol. The molecular formula is C18H25NO. The lowest BCUT2D eigenvalue weighted by atomic mass is 9.97. The van der Waals surface area contributed by atoms with Crippen molar-refractivity contribution in [3.05, 3.63) is 29.8 Å². The van der Waals surface area contributed by atoms with E-state index in [0.29, 0.717) is 5.78 Å². The second kappa shape index (κ2) is 6.43. The summed E-state index contributed by atoms with van der Waals surface area (Å²) in [4.78, 5) is 14.7. The van der Waals surface area contributed by atoms with Gasteiger partial charge in [0.1, 0.15) is 5.78 Å². The topological polar surface area (TPSA) is 20.3 Å². The van der Waals surface area contributed by atoms with Gasteiger partial charge in [-0.15, -0.1) is 0 Å². The van der Waals surface area contributed by atoms with Gasteiger partial charge in [0.25, 0.3) is 0 Å². The Hall–Kier alpha value is -1.31. The normalized spacial score (nSPS) is 23.9. The van der Waals surface area contributed by atoms with Crippen LogP contribution in [0.3, 0.4) is 0 Å². The van der Waals surface area contributed by atoms with E-state index in [-0.39, 0.29) is 5.92 Å². The van der Waals surface area contributed by atoms with Crippen molar-refractivity contribution in [2.75, 3.05) is 18.0 Å². The molecule has 1 fully saturated rings. The van der Waals surface area contributed by atoms with E-state index < -0.39 is 0 Å². The van der Waals surface area contributed by atoms with Crippen LogP contribution in [0.25, 0.3) is 0 Å². The molecule has 20 heavy (non-hydrogen) atoms. The molecule has 0 radical (unpaired) electrons. The van der Waals surface area contributed by atoms with Gasteiger partial charge in [0.2, 0.25) is 0 Å². The highest BCUT2D eigenvalue weighted by Gasteiger charge is 2.25. The molecule has 0 bridgehead atoms. The van der Waals surface area contributed by atoms with E-state index in [1.54, 1.807) is 0 Å². The fraction of sp³-hybridized carbons (Fsp3) is 0.611. The number of hydrogen-bond acceptors (Lipinski definition) is 2. The molecule has 108 valence electrons. The van der Waals surface area contributed by atoms with Crippen LogP contribution in [0.15, 0.2) is 24.3 Å². The number of Topliss-reactive ketones (excluding diaryl/α,β-unsaturated/α-hetero) is 1. The molecule has 1 unspecified atom stereocenters. The lowest BCUT2D eigenvalue weighted by Gasteiger charge is -2.28. The van der Waals surface area contributed by atoms with E-state index in [0.717, 1.165) is 32.4 Å². The van der Waals surface area contributed by atoms with Crippen LogP contribution in [-0.2, 0) is 11.2 Å². The fourth-order valence-corrected chi connectivity index (χ4v) is 3.65. The number of fused-ring (bicyclic) bond motifs is 1. The number of benzene rings is 1. The van der Waals surface area contributed by atoms with Crippen molar-refractivity contribution < 1.29 is 4.79 Å². The molecule has 3 rings (SSSR count). The van der Waals surface area contributed by atoms with Crippen LogP contribution < -0.4 is 4.90 Å². The fourth-order valence-electron chi connectivity index (χ4n) is 3.65. The monoisotopic (exact) mass is 271 g/mol. The van der Waals surface area contributed by atoms with Crippen molar-refractivity contribution in [1.82, 2.24) is 0 Å². The number of carbonyl (C=O) groups excluding carboxylic acids is 1. The van der Waals surface area contributed by atoms with Gasteiger partial charge in [0, 0.05) is 31.1 Å². The van der Waals surface area contributed by atoms with Gasteiger partial charge in [0.05, 0.1) is 0 Å². The third-order valence-electron chi connectivity index (χ3n) is 4.83. The van der Waals surface area contributed by atoms with E-state index in [1.165, 1.54) is 43.4 Å². The molecule has 0 N–H and O–H groups in total. The minimum absolute atomic E-state index is 0.267. The molecule has 1 aliphatic heterocycles. The number of carbonyl (C=O) groups is 1. The van der Waals surface area contributed by atoms with E-state index in [9.17, 15) is 4.79 Å². The summed E-state index contributed by atoms with van der Waals surface area (Å²) < 4.78 is 0. The van der Waals surface area contributed by atoms with Gasteiger partial charge in [-0.05, 0) is 43.7 Å². The summed E-state index contributed by atoms with van der Waals surface area (Å²) in [6.45, 7) is 2.05. The first-order valence-corrected chi connectivity index (χ1v) is 8.20. The molecule has 2 nitrogen and oxygen atoms in total. The highest BCUT2D eigenvalue weighted by atomic mass is 16.1. The van der Waals surface area contributed by atoms with Gasteiger partial charge in [-0.25, -0.2) is 0 Å². The Bertz CT molecular complexity index is 468. The van der Waals surface area contributed by atoms with E-state index in [4.69, 9.17) is 0 Å². The Labute approximate surface area is 122 Å². The summed E-state index contributed by atoms with van der Waals surface area (Å²) >= 11 is 0. The lowest BCUT2D eigenvalue weighted by Crippen LogP contribution is -2.33. The SMILES string of the molecule is O=C1CCCCCC1CN1CCCCc2ccccc21. The lowest BCUT2D eigenvalue weighted by molar-refractivity contribution is -0.122. The number of ketones is 1. The average Bonchev–Trinajstić information content (AvgIpc) is 2.79. The summed E-state index contributed by atoms with van der Waals surface area (Å²) in [5.74, 6) is 0.771. The van der Waals surface area contributed by atoms with Crippen LogP contribution in [0.5, 0.6) is 0 Å². The quantitative estimate of drug-likeness (QED) is 0.758. The number of aryl methyl sites for hydroxylation is 1. The number of nitrogens with zero attached hydrogens (tertiary/aromatic N) is 1. The van der Waals surface area contributed by atoms with Crippen LogP contribution in [0.1, 0.15) is 50.5 Å². The minimum atomic E-state index is 0.267. The smallest absolute Gasteiger partial charge is 0.137 e. The molecule has 1 aromatic carbocycles. The zero-order valence-electron chi connectivity index (χ0n) is 12.3.